The molecule has 6 nitrogen and oxygen atoms in total. The normalized spacial score (nSPS) is 29.3. The number of hydrogen-bond acceptors (Lipinski definition) is 5. The third kappa shape index (κ3) is 5.83. The highest BCUT2D eigenvalue weighted by molar-refractivity contribution is 5.68. The van der Waals surface area contributed by atoms with Crippen LogP contribution in [-0.2, 0) is 9.47 Å². The van der Waals surface area contributed by atoms with Gasteiger partial charge in [0.2, 0.25) is 0 Å². The van der Waals surface area contributed by atoms with E-state index < -0.39 is 5.60 Å². The van der Waals surface area contributed by atoms with Crippen molar-refractivity contribution in [1.82, 2.24) is 15.1 Å². The third-order valence-electron chi connectivity index (χ3n) is 5.40. The maximum absolute atomic E-state index is 12.1. The van der Waals surface area contributed by atoms with Gasteiger partial charge in [0, 0.05) is 45.8 Å². The molecular formula is C19H35N3O3. The quantitative estimate of drug-likeness (QED) is 0.839. The summed E-state index contributed by atoms with van der Waals surface area (Å²) in [5.74, 6) is 0.810. The lowest BCUT2D eigenvalue weighted by Gasteiger charge is -2.42. The first-order chi connectivity index (χ1) is 11.9. The zero-order valence-electron chi connectivity index (χ0n) is 16.1. The minimum absolute atomic E-state index is 0.189. The van der Waals surface area contributed by atoms with Gasteiger partial charge in [-0.3, -0.25) is 0 Å². The van der Waals surface area contributed by atoms with Crippen molar-refractivity contribution in [2.75, 3.05) is 45.8 Å². The number of piperazine rings is 1. The minimum Gasteiger partial charge on any atom is -0.444 e. The summed E-state index contributed by atoms with van der Waals surface area (Å²) in [6.45, 7) is 13.1. The summed E-state index contributed by atoms with van der Waals surface area (Å²) in [4.78, 5) is 16.5. The molecule has 3 rings (SSSR count). The summed E-state index contributed by atoms with van der Waals surface area (Å²) in [5.41, 5.74) is -0.421. The van der Waals surface area contributed by atoms with Crippen molar-refractivity contribution in [1.29, 1.82) is 0 Å². The molecule has 2 aliphatic heterocycles. The number of nitrogens with one attached hydrogen (secondary N) is 1. The monoisotopic (exact) mass is 353 g/mol. The van der Waals surface area contributed by atoms with Crippen molar-refractivity contribution >= 4 is 6.09 Å². The molecule has 0 spiro atoms. The number of amides is 1. The highest BCUT2D eigenvalue weighted by Crippen LogP contribution is 2.33. The van der Waals surface area contributed by atoms with E-state index in [9.17, 15) is 4.79 Å². The van der Waals surface area contributed by atoms with Crippen LogP contribution >= 0.6 is 0 Å². The van der Waals surface area contributed by atoms with Gasteiger partial charge in [-0.1, -0.05) is 0 Å². The fourth-order valence-electron chi connectivity index (χ4n) is 3.97. The first-order valence-corrected chi connectivity index (χ1v) is 9.95. The predicted octanol–water partition coefficient (Wildman–Crippen LogP) is 2.09. The number of likely N-dealkylation sites (tertiary alicyclic amines) is 1. The van der Waals surface area contributed by atoms with E-state index in [-0.39, 0.29) is 6.09 Å². The van der Waals surface area contributed by atoms with E-state index in [4.69, 9.17) is 9.47 Å². The molecule has 0 bridgehead atoms. The van der Waals surface area contributed by atoms with Crippen LogP contribution in [-0.4, -0.2) is 79.5 Å². The Morgan fingerprint density at radius 2 is 1.68 bits per heavy atom. The van der Waals surface area contributed by atoms with Gasteiger partial charge in [0.15, 0.2) is 0 Å². The highest BCUT2D eigenvalue weighted by Gasteiger charge is 2.35. The van der Waals surface area contributed by atoms with Gasteiger partial charge in [-0.15, -0.1) is 0 Å². The zero-order chi connectivity index (χ0) is 17.9. The molecule has 25 heavy (non-hydrogen) atoms. The van der Waals surface area contributed by atoms with Gasteiger partial charge >= 0.3 is 6.09 Å². The van der Waals surface area contributed by atoms with Crippen molar-refractivity contribution in [3.05, 3.63) is 0 Å². The molecule has 1 aliphatic carbocycles. The Morgan fingerprint density at radius 3 is 2.28 bits per heavy atom. The van der Waals surface area contributed by atoms with Crippen molar-refractivity contribution in [2.24, 2.45) is 5.92 Å². The molecule has 3 aliphatic rings. The second-order valence-electron chi connectivity index (χ2n) is 8.81. The first-order valence-electron chi connectivity index (χ1n) is 9.95. The van der Waals surface area contributed by atoms with Gasteiger partial charge in [0.05, 0.1) is 12.2 Å². The van der Waals surface area contributed by atoms with Crippen LogP contribution in [0.5, 0.6) is 0 Å². The maximum atomic E-state index is 12.1. The minimum atomic E-state index is -0.421. The van der Waals surface area contributed by atoms with Gasteiger partial charge in [-0.2, -0.15) is 0 Å². The van der Waals surface area contributed by atoms with Crippen molar-refractivity contribution in [3.63, 3.8) is 0 Å². The lowest BCUT2D eigenvalue weighted by molar-refractivity contribution is -0.0976. The third-order valence-corrected chi connectivity index (χ3v) is 5.40. The second kappa shape index (κ2) is 8.23. The summed E-state index contributed by atoms with van der Waals surface area (Å²) in [6, 6.07) is 0. The van der Waals surface area contributed by atoms with Gasteiger partial charge in [-0.25, -0.2) is 4.79 Å². The van der Waals surface area contributed by atoms with E-state index in [2.05, 4.69) is 10.2 Å². The summed E-state index contributed by atoms with van der Waals surface area (Å²) in [6.07, 6.45) is 4.82. The predicted molar refractivity (Wildman–Crippen MR) is 97.7 cm³/mol. The number of hydrogen-bond donors (Lipinski definition) is 1. The molecule has 3 fully saturated rings. The molecule has 0 aromatic carbocycles. The van der Waals surface area contributed by atoms with Gasteiger partial charge < -0.3 is 24.6 Å². The summed E-state index contributed by atoms with van der Waals surface area (Å²) in [5, 5.41) is 3.41. The van der Waals surface area contributed by atoms with Crippen LogP contribution in [0.2, 0.25) is 0 Å². The molecule has 1 N–H and O–H groups in total. The fraction of sp³-hybridized carbons (Fsp3) is 0.947. The van der Waals surface area contributed by atoms with E-state index in [0.717, 1.165) is 44.9 Å². The molecule has 0 aromatic heterocycles. The molecule has 144 valence electrons. The maximum Gasteiger partial charge on any atom is 0.410 e. The summed E-state index contributed by atoms with van der Waals surface area (Å²) in [7, 11) is 0. The molecule has 0 aromatic rings. The van der Waals surface area contributed by atoms with E-state index >= 15 is 0 Å². The second-order valence-corrected chi connectivity index (χ2v) is 8.81. The Bertz CT molecular complexity index is 432. The Labute approximate surface area is 152 Å². The average Bonchev–Trinajstić information content (AvgIpc) is 2.53. The molecule has 0 radical (unpaired) electrons. The standard InChI is InChI=1S/C19H35N3O3/c1-19(2,3)25-18(23)22-8-4-16(5-9-22)24-17-12-15(13-17)14-21-10-6-20-7-11-21/h15-17,20H,4-14H2,1-3H3. The first kappa shape index (κ1) is 18.9. The van der Waals surface area contributed by atoms with Crippen LogP contribution in [0.4, 0.5) is 4.79 Å². The zero-order valence-corrected chi connectivity index (χ0v) is 16.1. The number of rotatable bonds is 4. The number of carbonyl (C=O) groups excluding carboxylic acids is 1. The Hall–Kier alpha value is -0.850. The molecular weight excluding hydrogens is 318 g/mol. The van der Waals surface area contributed by atoms with E-state index in [0.29, 0.717) is 12.2 Å². The van der Waals surface area contributed by atoms with Crippen LogP contribution in [0.25, 0.3) is 0 Å². The van der Waals surface area contributed by atoms with Gasteiger partial charge in [0.1, 0.15) is 5.60 Å². The summed E-state index contributed by atoms with van der Waals surface area (Å²) < 4.78 is 11.7. The van der Waals surface area contributed by atoms with Crippen molar-refractivity contribution in [3.8, 4) is 0 Å². The average molecular weight is 354 g/mol. The van der Waals surface area contributed by atoms with Crippen LogP contribution in [0, 0.1) is 5.92 Å². The lowest BCUT2D eigenvalue weighted by atomic mass is 9.81. The molecule has 0 unspecified atom stereocenters. The molecule has 0 atom stereocenters. The van der Waals surface area contributed by atoms with E-state index in [1.165, 1.54) is 32.5 Å². The van der Waals surface area contributed by atoms with E-state index in [1.54, 1.807) is 0 Å². The van der Waals surface area contributed by atoms with Crippen LogP contribution in [0.3, 0.4) is 0 Å². The van der Waals surface area contributed by atoms with Crippen LogP contribution in [0.1, 0.15) is 46.5 Å². The largest absolute Gasteiger partial charge is 0.444 e. The Balaban J connectivity index is 1.29. The molecule has 2 heterocycles. The number of nitrogens with zero attached hydrogens (tertiary/aromatic N) is 2. The van der Waals surface area contributed by atoms with Crippen molar-refractivity contribution < 1.29 is 14.3 Å². The van der Waals surface area contributed by atoms with Crippen LogP contribution < -0.4 is 5.32 Å². The Kier molecular flexibility index (Phi) is 6.23. The summed E-state index contributed by atoms with van der Waals surface area (Å²) >= 11 is 0. The SMILES string of the molecule is CC(C)(C)OC(=O)N1CCC(OC2CC(CN3CCNCC3)C2)CC1. The number of carbonyl (C=O) groups is 1. The molecule has 2 saturated heterocycles. The van der Waals surface area contributed by atoms with Gasteiger partial charge in [-0.05, 0) is 52.4 Å². The highest BCUT2D eigenvalue weighted by atomic mass is 16.6. The fourth-order valence-corrected chi connectivity index (χ4v) is 3.97. The topological polar surface area (TPSA) is 54.0 Å². The number of piperidine rings is 1. The number of ether oxygens (including phenoxy) is 2. The smallest absolute Gasteiger partial charge is 0.410 e. The molecule has 1 amide bonds. The van der Waals surface area contributed by atoms with Crippen LogP contribution in [0.15, 0.2) is 0 Å². The Morgan fingerprint density at radius 1 is 1.04 bits per heavy atom. The van der Waals surface area contributed by atoms with E-state index in [1.807, 2.05) is 25.7 Å². The molecule has 1 saturated carbocycles. The lowest BCUT2D eigenvalue weighted by Crippen LogP contribution is -2.49. The molecule has 6 heteroatoms. The van der Waals surface area contributed by atoms with Crippen molar-refractivity contribution in [2.45, 2.75) is 64.3 Å². The van der Waals surface area contributed by atoms with Gasteiger partial charge in [0.25, 0.3) is 0 Å².